The van der Waals surface area contributed by atoms with E-state index in [0.717, 1.165) is 7.11 Å². The molecule has 0 amide bonds. The number of carbonyl (C=O) groups is 1. The largest absolute Gasteiger partial charge is 0.477 e. The number of aliphatic hydroxyl groups is 4. The molecule has 1 heterocycles. The lowest BCUT2D eigenvalue weighted by Crippen LogP contribution is -2.66. The summed E-state index contributed by atoms with van der Waals surface area (Å²) in [5.41, 5.74) is 5.62. The standard InChI is InChI=1S/C10H19NO8/c1-18-10(9(16)17)2-4(13)6(11)8(19-10)7(15)5(14)3-12/h4-8,12-15H,2-3,11H2,1H3,(H,16,17)/t4?,5?,6-,7?,8?,10?/m1/s1. The van der Waals surface area contributed by atoms with Gasteiger partial charge in [0.25, 0.3) is 5.79 Å². The van der Waals surface area contributed by atoms with Crippen LogP contribution in [0.4, 0.5) is 0 Å². The van der Waals surface area contributed by atoms with Gasteiger partial charge in [-0.1, -0.05) is 0 Å². The summed E-state index contributed by atoms with van der Waals surface area (Å²) in [6.07, 6.45) is -6.37. The van der Waals surface area contributed by atoms with Crippen LogP contribution in [0.3, 0.4) is 0 Å². The van der Waals surface area contributed by atoms with Crippen LogP contribution >= 0.6 is 0 Å². The zero-order valence-corrected chi connectivity index (χ0v) is 10.3. The molecule has 0 saturated carbocycles. The number of aliphatic hydroxyl groups excluding tert-OH is 4. The second-order valence-corrected chi connectivity index (χ2v) is 4.43. The quantitative estimate of drug-likeness (QED) is 0.301. The van der Waals surface area contributed by atoms with Crippen molar-refractivity contribution in [3.63, 3.8) is 0 Å². The second kappa shape index (κ2) is 6.09. The molecule has 6 atom stereocenters. The Kier molecular flexibility index (Phi) is 5.21. The molecule has 0 aromatic carbocycles. The van der Waals surface area contributed by atoms with Crippen LogP contribution in [0.15, 0.2) is 0 Å². The van der Waals surface area contributed by atoms with E-state index in [4.69, 9.17) is 25.4 Å². The molecule has 1 fully saturated rings. The minimum Gasteiger partial charge on any atom is -0.477 e. The van der Waals surface area contributed by atoms with Crippen molar-refractivity contribution < 1.29 is 39.8 Å². The number of rotatable bonds is 5. The summed E-state index contributed by atoms with van der Waals surface area (Å²) in [5.74, 6) is -3.65. The number of carboxylic acids is 1. The van der Waals surface area contributed by atoms with Crippen molar-refractivity contribution in [2.45, 2.75) is 42.7 Å². The lowest BCUT2D eigenvalue weighted by Gasteiger charge is -2.44. The van der Waals surface area contributed by atoms with Gasteiger partial charge in [0.2, 0.25) is 0 Å². The normalized spacial score (nSPS) is 38.7. The van der Waals surface area contributed by atoms with Crippen molar-refractivity contribution >= 4 is 5.97 Å². The van der Waals surface area contributed by atoms with E-state index < -0.39 is 55.2 Å². The van der Waals surface area contributed by atoms with Crippen LogP contribution in [0.25, 0.3) is 0 Å². The molecule has 0 bridgehead atoms. The smallest absolute Gasteiger partial charge is 0.364 e. The highest BCUT2D eigenvalue weighted by atomic mass is 16.7. The lowest BCUT2D eigenvalue weighted by atomic mass is 9.89. The van der Waals surface area contributed by atoms with Gasteiger partial charge in [-0.2, -0.15) is 0 Å². The maximum absolute atomic E-state index is 11.2. The van der Waals surface area contributed by atoms with Crippen molar-refractivity contribution in [3.8, 4) is 0 Å². The zero-order valence-electron chi connectivity index (χ0n) is 10.3. The van der Waals surface area contributed by atoms with Gasteiger partial charge in [0, 0.05) is 13.5 Å². The van der Waals surface area contributed by atoms with E-state index in [9.17, 15) is 20.1 Å². The first-order valence-electron chi connectivity index (χ1n) is 5.66. The summed E-state index contributed by atoms with van der Waals surface area (Å²) in [7, 11) is 1.07. The summed E-state index contributed by atoms with van der Waals surface area (Å²) in [5, 5.41) is 46.7. The Hall–Kier alpha value is -0.810. The molecule has 1 aliphatic rings. The molecule has 0 spiro atoms. The van der Waals surface area contributed by atoms with Crippen LogP contribution in [-0.4, -0.2) is 81.5 Å². The first-order chi connectivity index (χ1) is 8.79. The van der Waals surface area contributed by atoms with E-state index in [2.05, 4.69) is 0 Å². The predicted octanol–water partition coefficient (Wildman–Crippen LogP) is -3.40. The predicted molar refractivity (Wildman–Crippen MR) is 59.9 cm³/mol. The van der Waals surface area contributed by atoms with Gasteiger partial charge in [-0.15, -0.1) is 0 Å². The second-order valence-electron chi connectivity index (χ2n) is 4.43. The summed E-state index contributed by atoms with van der Waals surface area (Å²) >= 11 is 0. The molecule has 1 aliphatic heterocycles. The van der Waals surface area contributed by atoms with Crippen LogP contribution in [0, 0.1) is 0 Å². The number of carboxylic acid groups (broad SMARTS) is 1. The van der Waals surface area contributed by atoms with E-state index in [1.807, 2.05) is 0 Å². The Morgan fingerprint density at radius 3 is 2.58 bits per heavy atom. The number of hydrogen-bond acceptors (Lipinski definition) is 8. The molecule has 7 N–H and O–H groups in total. The molecule has 19 heavy (non-hydrogen) atoms. The van der Waals surface area contributed by atoms with Crippen molar-refractivity contribution in [2.24, 2.45) is 5.73 Å². The summed E-state index contributed by atoms with van der Waals surface area (Å²) in [6, 6.07) is -1.13. The van der Waals surface area contributed by atoms with Crippen molar-refractivity contribution in [2.75, 3.05) is 13.7 Å². The molecule has 0 aromatic rings. The molecule has 0 aromatic heterocycles. The Labute approximate surface area is 109 Å². The third-order valence-electron chi connectivity index (χ3n) is 3.20. The molecule has 1 rings (SSSR count). The maximum Gasteiger partial charge on any atom is 0.364 e. The number of ether oxygens (including phenoxy) is 2. The fourth-order valence-electron chi connectivity index (χ4n) is 1.96. The van der Waals surface area contributed by atoms with Gasteiger partial charge in [-0.05, 0) is 0 Å². The van der Waals surface area contributed by atoms with Gasteiger partial charge in [-0.3, -0.25) is 0 Å². The molecule has 1 saturated heterocycles. The van der Waals surface area contributed by atoms with Crippen LogP contribution < -0.4 is 5.73 Å². The molecule has 5 unspecified atom stereocenters. The highest BCUT2D eigenvalue weighted by Crippen LogP contribution is 2.31. The Morgan fingerprint density at radius 1 is 1.58 bits per heavy atom. The summed E-state index contributed by atoms with van der Waals surface area (Å²) in [4.78, 5) is 11.2. The Bertz CT molecular complexity index is 327. The van der Waals surface area contributed by atoms with Crippen LogP contribution in [0.1, 0.15) is 6.42 Å². The van der Waals surface area contributed by atoms with Gasteiger partial charge in [-0.25, -0.2) is 4.79 Å². The first kappa shape index (κ1) is 16.2. The molecular weight excluding hydrogens is 262 g/mol. The van der Waals surface area contributed by atoms with Crippen LogP contribution in [0.2, 0.25) is 0 Å². The van der Waals surface area contributed by atoms with Crippen molar-refractivity contribution in [1.82, 2.24) is 0 Å². The Balaban J connectivity index is 2.99. The zero-order chi connectivity index (χ0) is 14.8. The fourth-order valence-corrected chi connectivity index (χ4v) is 1.96. The molecule has 0 radical (unpaired) electrons. The van der Waals surface area contributed by atoms with E-state index in [1.165, 1.54) is 0 Å². The number of nitrogens with two attached hydrogens (primary N) is 1. The number of methoxy groups -OCH3 is 1. The van der Waals surface area contributed by atoms with Crippen molar-refractivity contribution in [1.29, 1.82) is 0 Å². The lowest BCUT2D eigenvalue weighted by molar-refractivity contribution is -0.301. The van der Waals surface area contributed by atoms with Gasteiger partial charge in [0.15, 0.2) is 0 Å². The van der Waals surface area contributed by atoms with Gasteiger partial charge >= 0.3 is 5.97 Å². The Morgan fingerprint density at radius 2 is 2.16 bits per heavy atom. The van der Waals surface area contributed by atoms with E-state index in [1.54, 1.807) is 0 Å². The summed E-state index contributed by atoms with van der Waals surface area (Å²) in [6.45, 7) is -0.767. The SMILES string of the molecule is COC1(C(=O)O)CC(O)[C@@H](N)C(C(O)C(O)CO)O1. The van der Waals surface area contributed by atoms with E-state index in [-0.39, 0.29) is 0 Å². The average Bonchev–Trinajstić information content (AvgIpc) is 2.39. The average molecular weight is 281 g/mol. The van der Waals surface area contributed by atoms with Crippen molar-refractivity contribution in [3.05, 3.63) is 0 Å². The number of hydrogen-bond donors (Lipinski definition) is 6. The van der Waals surface area contributed by atoms with Crippen LogP contribution in [-0.2, 0) is 14.3 Å². The maximum atomic E-state index is 11.2. The van der Waals surface area contributed by atoms with Gasteiger partial charge < -0.3 is 40.7 Å². The fraction of sp³-hybridized carbons (Fsp3) is 0.900. The third kappa shape index (κ3) is 3.03. The first-order valence-corrected chi connectivity index (χ1v) is 5.66. The number of aliphatic carboxylic acids is 1. The molecule has 0 aliphatic carbocycles. The van der Waals surface area contributed by atoms with E-state index >= 15 is 0 Å². The molecule has 9 heteroatoms. The topological polar surface area (TPSA) is 163 Å². The molecular formula is C10H19NO8. The highest BCUT2D eigenvalue weighted by molar-refractivity contribution is 5.76. The molecule has 112 valence electrons. The van der Waals surface area contributed by atoms with Gasteiger partial charge in [0.1, 0.15) is 18.3 Å². The third-order valence-corrected chi connectivity index (χ3v) is 3.20. The highest BCUT2D eigenvalue weighted by Gasteiger charge is 2.53. The van der Waals surface area contributed by atoms with Gasteiger partial charge in [0.05, 0.1) is 18.8 Å². The minimum atomic E-state index is -2.16. The molecule has 9 nitrogen and oxygen atoms in total. The monoisotopic (exact) mass is 281 g/mol. The summed E-state index contributed by atoms with van der Waals surface area (Å²) < 4.78 is 9.88. The van der Waals surface area contributed by atoms with Crippen LogP contribution in [0.5, 0.6) is 0 Å². The minimum absolute atomic E-state index is 0.418. The van der Waals surface area contributed by atoms with E-state index in [0.29, 0.717) is 0 Å².